The van der Waals surface area contributed by atoms with E-state index in [-0.39, 0.29) is 33.0 Å². The van der Waals surface area contributed by atoms with Gasteiger partial charge in [0, 0.05) is 31.7 Å². The lowest BCUT2D eigenvalue weighted by Crippen LogP contribution is -2.52. The summed E-state index contributed by atoms with van der Waals surface area (Å²) in [6.45, 7) is 0.694. The Labute approximate surface area is 152 Å². The van der Waals surface area contributed by atoms with Crippen LogP contribution >= 0.6 is 0 Å². The van der Waals surface area contributed by atoms with Gasteiger partial charge in [0.05, 0.1) is 5.69 Å². The quantitative estimate of drug-likeness (QED) is 0.795. The molecule has 2 aromatic rings. The molecule has 0 N–H and O–H groups in total. The summed E-state index contributed by atoms with van der Waals surface area (Å²) in [6.07, 6.45) is -4.84. The predicted molar refractivity (Wildman–Crippen MR) is 88.4 cm³/mol. The van der Waals surface area contributed by atoms with E-state index in [0.29, 0.717) is 23.0 Å². The van der Waals surface area contributed by atoms with Crippen LogP contribution in [0.1, 0.15) is 0 Å². The van der Waals surface area contributed by atoms with Crippen molar-refractivity contribution >= 4 is 11.7 Å². The van der Waals surface area contributed by atoms with Crippen LogP contribution in [0, 0.1) is 0 Å². The van der Waals surface area contributed by atoms with Crippen molar-refractivity contribution in [3.63, 3.8) is 0 Å². The van der Waals surface area contributed by atoms with Gasteiger partial charge in [-0.3, -0.25) is 4.79 Å². The standard InChI is InChI=1S/C17H15F3N4O3/c18-17(19,20)16(25)24-7-5-23(6-8-24)15-4-2-12(21-22-15)11-1-3-13-14(9-11)27-10-26-13/h1-4,9H,5-8,10H2. The summed E-state index contributed by atoms with van der Waals surface area (Å²) < 4.78 is 48.1. The molecule has 1 aromatic heterocycles. The maximum absolute atomic E-state index is 12.5. The molecule has 1 fully saturated rings. The van der Waals surface area contributed by atoms with Gasteiger partial charge in [-0.1, -0.05) is 0 Å². The van der Waals surface area contributed by atoms with Crippen molar-refractivity contribution in [2.45, 2.75) is 6.18 Å². The zero-order valence-corrected chi connectivity index (χ0v) is 14.1. The van der Waals surface area contributed by atoms with Gasteiger partial charge in [0.25, 0.3) is 0 Å². The highest BCUT2D eigenvalue weighted by Gasteiger charge is 2.43. The van der Waals surface area contributed by atoms with E-state index in [1.807, 2.05) is 12.1 Å². The van der Waals surface area contributed by atoms with Gasteiger partial charge in [-0.2, -0.15) is 13.2 Å². The third-order valence-corrected chi connectivity index (χ3v) is 4.45. The second kappa shape index (κ2) is 6.60. The second-order valence-electron chi connectivity index (χ2n) is 6.12. The Kier molecular flexibility index (Phi) is 4.25. The van der Waals surface area contributed by atoms with Crippen LogP contribution in [0.2, 0.25) is 0 Å². The molecule has 27 heavy (non-hydrogen) atoms. The van der Waals surface area contributed by atoms with Crippen LogP contribution in [0.3, 0.4) is 0 Å². The molecule has 0 atom stereocenters. The minimum atomic E-state index is -4.84. The van der Waals surface area contributed by atoms with E-state index in [9.17, 15) is 18.0 Å². The lowest BCUT2D eigenvalue weighted by atomic mass is 10.1. The first kappa shape index (κ1) is 17.4. The lowest BCUT2D eigenvalue weighted by molar-refractivity contribution is -0.185. The fourth-order valence-electron chi connectivity index (χ4n) is 3.02. The number of benzene rings is 1. The molecular formula is C17H15F3N4O3. The number of anilines is 1. The minimum Gasteiger partial charge on any atom is -0.454 e. The summed E-state index contributed by atoms with van der Waals surface area (Å²) in [5.74, 6) is 0.0726. The number of aromatic nitrogens is 2. The summed E-state index contributed by atoms with van der Waals surface area (Å²) in [4.78, 5) is 13.9. The fraction of sp³-hybridized carbons (Fsp3) is 0.353. The number of rotatable bonds is 2. The van der Waals surface area contributed by atoms with Crippen molar-refractivity contribution in [2.75, 3.05) is 37.9 Å². The topological polar surface area (TPSA) is 67.8 Å². The van der Waals surface area contributed by atoms with Crippen LogP contribution in [0.4, 0.5) is 19.0 Å². The molecule has 4 rings (SSSR count). The van der Waals surface area contributed by atoms with Crippen LogP contribution in [-0.2, 0) is 4.79 Å². The summed E-state index contributed by atoms with van der Waals surface area (Å²) in [5.41, 5.74) is 1.46. The number of hydrogen-bond acceptors (Lipinski definition) is 6. The Morgan fingerprint density at radius 1 is 0.963 bits per heavy atom. The maximum Gasteiger partial charge on any atom is 0.471 e. The van der Waals surface area contributed by atoms with Gasteiger partial charge < -0.3 is 19.3 Å². The number of ether oxygens (including phenoxy) is 2. The molecule has 142 valence electrons. The number of carbonyl (C=O) groups is 1. The molecule has 0 saturated carbocycles. The molecule has 0 spiro atoms. The Bertz CT molecular complexity index is 849. The van der Waals surface area contributed by atoms with Crippen LogP contribution in [-0.4, -0.2) is 60.2 Å². The Hall–Kier alpha value is -3.04. The molecule has 7 nitrogen and oxygen atoms in total. The molecule has 0 bridgehead atoms. The summed E-state index contributed by atoms with van der Waals surface area (Å²) in [6, 6.07) is 9.00. The number of alkyl halides is 3. The van der Waals surface area contributed by atoms with Crippen molar-refractivity contribution in [3.8, 4) is 22.8 Å². The van der Waals surface area contributed by atoms with E-state index >= 15 is 0 Å². The average Bonchev–Trinajstić information content (AvgIpc) is 3.15. The first-order valence-electron chi connectivity index (χ1n) is 8.26. The Morgan fingerprint density at radius 3 is 2.37 bits per heavy atom. The molecule has 1 amide bonds. The highest BCUT2D eigenvalue weighted by molar-refractivity contribution is 5.82. The molecule has 10 heteroatoms. The van der Waals surface area contributed by atoms with Gasteiger partial charge in [0.1, 0.15) is 0 Å². The van der Waals surface area contributed by atoms with Crippen LogP contribution < -0.4 is 14.4 Å². The van der Waals surface area contributed by atoms with Gasteiger partial charge in [0.2, 0.25) is 6.79 Å². The summed E-state index contributed by atoms with van der Waals surface area (Å²) in [7, 11) is 0. The van der Waals surface area contributed by atoms with Crippen molar-refractivity contribution < 1.29 is 27.4 Å². The molecule has 1 saturated heterocycles. The first-order valence-corrected chi connectivity index (χ1v) is 8.26. The molecule has 2 aliphatic rings. The van der Waals surface area contributed by atoms with Gasteiger partial charge >= 0.3 is 12.1 Å². The van der Waals surface area contributed by atoms with Crippen molar-refractivity contribution in [2.24, 2.45) is 0 Å². The van der Waals surface area contributed by atoms with Gasteiger partial charge in [-0.05, 0) is 30.3 Å². The molecule has 0 unspecified atom stereocenters. The van der Waals surface area contributed by atoms with E-state index < -0.39 is 12.1 Å². The van der Waals surface area contributed by atoms with Crippen LogP contribution in [0.25, 0.3) is 11.3 Å². The largest absolute Gasteiger partial charge is 0.471 e. The number of nitrogens with zero attached hydrogens (tertiary/aromatic N) is 4. The molecule has 0 aliphatic carbocycles. The third-order valence-electron chi connectivity index (χ3n) is 4.45. The Morgan fingerprint density at radius 2 is 1.70 bits per heavy atom. The summed E-state index contributed by atoms with van der Waals surface area (Å²) in [5, 5.41) is 8.36. The van der Waals surface area contributed by atoms with Gasteiger partial charge in [-0.25, -0.2) is 0 Å². The molecule has 0 radical (unpaired) electrons. The third kappa shape index (κ3) is 3.46. The number of amides is 1. The zero-order valence-electron chi connectivity index (χ0n) is 14.1. The molecule has 3 heterocycles. The van der Waals surface area contributed by atoms with Crippen molar-refractivity contribution in [1.82, 2.24) is 15.1 Å². The maximum atomic E-state index is 12.5. The number of halogens is 3. The van der Waals surface area contributed by atoms with E-state index in [1.165, 1.54) is 0 Å². The van der Waals surface area contributed by atoms with Gasteiger partial charge in [-0.15, -0.1) is 10.2 Å². The second-order valence-corrected chi connectivity index (χ2v) is 6.12. The molecule has 2 aliphatic heterocycles. The van der Waals surface area contributed by atoms with Crippen molar-refractivity contribution in [3.05, 3.63) is 30.3 Å². The summed E-state index contributed by atoms with van der Waals surface area (Å²) >= 11 is 0. The van der Waals surface area contributed by atoms with E-state index in [0.717, 1.165) is 10.5 Å². The SMILES string of the molecule is O=C(N1CCN(c2ccc(-c3ccc4c(c3)OCO4)nn2)CC1)C(F)(F)F. The molecular weight excluding hydrogens is 365 g/mol. The van der Waals surface area contributed by atoms with E-state index in [4.69, 9.17) is 9.47 Å². The average molecular weight is 380 g/mol. The fourth-order valence-corrected chi connectivity index (χ4v) is 3.02. The lowest BCUT2D eigenvalue weighted by Gasteiger charge is -2.35. The predicted octanol–water partition coefficient (Wildman–Crippen LogP) is 2.08. The van der Waals surface area contributed by atoms with E-state index in [1.54, 1.807) is 23.1 Å². The van der Waals surface area contributed by atoms with E-state index in [2.05, 4.69) is 10.2 Å². The number of fused-ring (bicyclic) bond motifs is 1. The molecule has 1 aromatic carbocycles. The number of hydrogen-bond donors (Lipinski definition) is 0. The van der Waals surface area contributed by atoms with Gasteiger partial charge in [0.15, 0.2) is 17.3 Å². The minimum absolute atomic E-state index is 0.00998. The van der Waals surface area contributed by atoms with Crippen LogP contribution in [0.15, 0.2) is 30.3 Å². The number of carbonyl (C=O) groups excluding carboxylic acids is 1. The monoisotopic (exact) mass is 380 g/mol. The first-order chi connectivity index (χ1) is 12.9. The highest BCUT2D eigenvalue weighted by Crippen LogP contribution is 2.35. The Balaban J connectivity index is 1.42. The normalized spacial score (nSPS) is 16.6. The highest BCUT2D eigenvalue weighted by atomic mass is 19.4. The smallest absolute Gasteiger partial charge is 0.454 e. The van der Waals surface area contributed by atoms with Crippen LogP contribution in [0.5, 0.6) is 11.5 Å². The number of piperazine rings is 1. The van der Waals surface area contributed by atoms with Crippen molar-refractivity contribution in [1.29, 1.82) is 0 Å². The zero-order chi connectivity index (χ0) is 19.0.